The molecule has 0 rings (SSSR count). The van der Waals surface area contributed by atoms with E-state index >= 15 is 0 Å². The molecule has 0 heterocycles. The number of rotatable bonds is 15. The maximum Gasteiger partial charge on any atom is 0.0601 e. The molecule has 0 aromatic rings. The van der Waals surface area contributed by atoms with E-state index < -0.39 is 0 Å². The molecule has 0 radical (unpaired) electrons. The maximum atomic E-state index is 8.77. The number of ether oxygens (including phenoxy) is 1. The van der Waals surface area contributed by atoms with Crippen LogP contribution in [0.1, 0.15) is 71.6 Å². The number of aliphatic hydroxyl groups excluding tert-OH is 1. The first-order valence-electron chi connectivity index (χ1n) is 8.67. The van der Waals surface area contributed by atoms with Gasteiger partial charge < -0.3 is 15.2 Å². The molecule has 2 N–H and O–H groups in total. The van der Waals surface area contributed by atoms with Crippen LogP contribution in [0.2, 0.25) is 0 Å². The second kappa shape index (κ2) is 15.3. The van der Waals surface area contributed by atoms with Crippen molar-refractivity contribution in [2.75, 3.05) is 26.8 Å². The predicted molar refractivity (Wildman–Crippen MR) is 87.1 cm³/mol. The van der Waals surface area contributed by atoms with E-state index in [1.165, 1.54) is 38.5 Å². The zero-order chi connectivity index (χ0) is 15.1. The van der Waals surface area contributed by atoms with Crippen molar-refractivity contribution in [3.63, 3.8) is 0 Å². The van der Waals surface area contributed by atoms with Gasteiger partial charge in [-0.25, -0.2) is 0 Å². The summed E-state index contributed by atoms with van der Waals surface area (Å²) in [5, 5.41) is 12.0. The number of aliphatic hydroxyl groups is 1. The first-order chi connectivity index (χ1) is 9.79. The van der Waals surface area contributed by atoms with Crippen LogP contribution >= 0.6 is 0 Å². The summed E-state index contributed by atoms with van der Waals surface area (Å²) in [6, 6.07) is 0. The normalized spacial score (nSPS) is 14.4. The van der Waals surface area contributed by atoms with Gasteiger partial charge in [0.2, 0.25) is 0 Å². The lowest BCUT2D eigenvalue weighted by atomic mass is 9.90. The molecule has 0 saturated carbocycles. The Morgan fingerprint density at radius 3 is 2.30 bits per heavy atom. The second-order valence-corrected chi connectivity index (χ2v) is 5.75. The van der Waals surface area contributed by atoms with Crippen molar-refractivity contribution in [2.45, 2.75) is 77.7 Å². The quantitative estimate of drug-likeness (QED) is 0.451. The van der Waals surface area contributed by atoms with Gasteiger partial charge in [0.05, 0.1) is 6.10 Å². The molecule has 2 atom stereocenters. The van der Waals surface area contributed by atoms with Crippen LogP contribution in [-0.2, 0) is 4.74 Å². The van der Waals surface area contributed by atoms with Crippen LogP contribution in [0, 0.1) is 5.92 Å². The van der Waals surface area contributed by atoms with E-state index in [4.69, 9.17) is 9.84 Å². The third-order valence-electron chi connectivity index (χ3n) is 3.96. The van der Waals surface area contributed by atoms with E-state index in [1.807, 2.05) is 7.05 Å². The van der Waals surface area contributed by atoms with Crippen LogP contribution in [0.5, 0.6) is 0 Å². The lowest BCUT2D eigenvalue weighted by molar-refractivity contribution is 0.00408. The summed E-state index contributed by atoms with van der Waals surface area (Å²) in [6.07, 6.45) is 11.1. The van der Waals surface area contributed by atoms with Crippen molar-refractivity contribution in [3.8, 4) is 0 Å². The molecule has 0 bridgehead atoms. The van der Waals surface area contributed by atoms with Crippen LogP contribution in [0.3, 0.4) is 0 Å². The summed E-state index contributed by atoms with van der Waals surface area (Å²) in [4.78, 5) is 0. The largest absolute Gasteiger partial charge is 0.396 e. The lowest BCUT2D eigenvalue weighted by Gasteiger charge is -2.26. The van der Waals surface area contributed by atoms with Gasteiger partial charge >= 0.3 is 0 Å². The topological polar surface area (TPSA) is 41.5 Å². The van der Waals surface area contributed by atoms with E-state index in [-0.39, 0.29) is 0 Å². The number of nitrogens with one attached hydrogen (secondary N) is 1. The Balaban J connectivity index is 3.97. The van der Waals surface area contributed by atoms with Gasteiger partial charge in [-0.2, -0.15) is 0 Å². The molecule has 0 amide bonds. The number of hydrogen-bond acceptors (Lipinski definition) is 3. The van der Waals surface area contributed by atoms with E-state index in [0.29, 0.717) is 18.6 Å². The van der Waals surface area contributed by atoms with Gasteiger partial charge in [0.15, 0.2) is 0 Å². The predicted octanol–water partition coefficient (Wildman–Crippen LogP) is 3.75. The summed E-state index contributed by atoms with van der Waals surface area (Å²) in [7, 11) is 2.03. The summed E-state index contributed by atoms with van der Waals surface area (Å²) in [5.74, 6) is 0.692. The highest BCUT2D eigenvalue weighted by molar-refractivity contribution is 4.71. The molecule has 0 aliphatic rings. The van der Waals surface area contributed by atoms with Gasteiger partial charge in [0.1, 0.15) is 0 Å². The summed E-state index contributed by atoms with van der Waals surface area (Å²) in [6.45, 7) is 6.74. The van der Waals surface area contributed by atoms with Gasteiger partial charge in [-0.3, -0.25) is 0 Å². The standard InChI is InChI=1S/C17H37NO2/c1-4-15-20-17(5-2)16(12-13-18-3)11-9-7-6-8-10-14-19/h16-19H,4-15H2,1-3H3. The Labute approximate surface area is 126 Å². The van der Waals surface area contributed by atoms with Gasteiger partial charge in [-0.05, 0) is 51.6 Å². The van der Waals surface area contributed by atoms with Gasteiger partial charge in [0.25, 0.3) is 0 Å². The zero-order valence-electron chi connectivity index (χ0n) is 14.0. The van der Waals surface area contributed by atoms with Crippen molar-refractivity contribution in [1.29, 1.82) is 0 Å². The molecular formula is C17H37NO2. The number of unbranched alkanes of at least 4 members (excludes halogenated alkanes) is 4. The highest BCUT2D eigenvalue weighted by Crippen LogP contribution is 2.23. The van der Waals surface area contributed by atoms with E-state index in [1.54, 1.807) is 0 Å². The van der Waals surface area contributed by atoms with Crippen molar-refractivity contribution >= 4 is 0 Å². The van der Waals surface area contributed by atoms with E-state index in [2.05, 4.69) is 19.2 Å². The molecule has 3 nitrogen and oxygen atoms in total. The molecular weight excluding hydrogens is 250 g/mol. The molecule has 0 fully saturated rings. The van der Waals surface area contributed by atoms with E-state index in [9.17, 15) is 0 Å². The third-order valence-corrected chi connectivity index (χ3v) is 3.96. The Kier molecular flexibility index (Phi) is 15.2. The Morgan fingerprint density at radius 1 is 1.00 bits per heavy atom. The highest BCUT2D eigenvalue weighted by atomic mass is 16.5. The zero-order valence-corrected chi connectivity index (χ0v) is 14.0. The van der Waals surface area contributed by atoms with Crippen molar-refractivity contribution < 1.29 is 9.84 Å². The minimum Gasteiger partial charge on any atom is -0.396 e. The molecule has 0 saturated heterocycles. The average molecular weight is 287 g/mol. The van der Waals surface area contributed by atoms with Crippen LogP contribution in [0.25, 0.3) is 0 Å². The fourth-order valence-electron chi connectivity index (χ4n) is 2.75. The lowest BCUT2D eigenvalue weighted by Crippen LogP contribution is -2.27. The van der Waals surface area contributed by atoms with Crippen molar-refractivity contribution in [2.24, 2.45) is 5.92 Å². The molecule has 2 unspecified atom stereocenters. The minimum absolute atomic E-state index is 0.341. The average Bonchev–Trinajstić information content (AvgIpc) is 2.47. The molecule has 0 aliphatic heterocycles. The Hall–Kier alpha value is -0.120. The SMILES string of the molecule is CCCOC(CC)C(CCCCCCCO)CCNC. The van der Waals surface area contributed by atoms with E-state index in [0.717, 1.165) is 32.4 Å². The van der Waals surface area contributed by atoms with Crippen LogP contribution in [0.4, 0.5) is 0 Å². The van der Waals surface area contributed by atoms with Crippen molar-refractivity contribution in [1.82, 2.24) is 5.32 Å². The third kappa shape index (κ3) is 10.6. The summed E-state index contributed by atoms with van der Waals surface area (Å²) in [5.41, 5.74) is 0. The Bertz CT molecular complexity index is 188. The Morgan fingerprint density at radius 2 is 1.70 bits per heavy atom. The first kappa shape index (κ1) is 19.9. The summed E-state index contributed by atoms with van der Waals surface area (Å²) >= 11 is 0. The highest BCUT2D eigenvalue weighted by Gasteiger charge is 2.19. The van der Waals surface area contributed by atoms with Gasteiger partial charge in [0, 0.05) is 13.2 Å². The fraction of sp³-hybridized carbons (Fsp3) is 1.00. The second-order valence-electron chi connectivity index (χ2n) is 5.75. The van der Waals surface area contributed by atoms with Crippen LogP contribution in [-0.4, -0.2) is 38.0 Å². The van der Waals surface area contributed by atoms with Crippen LogP contribution in [0.15, 0.2) is 0 Å². The molecule has 0 aromatic heterocycles. The molecule has 0 aliphatic carbocycles. The number of hydrogen-bond donors (Lipinski definition) is 2. The molecule has 3 heteroatoms. The monoisotopic (exact) mass is 287 g/mol. The first-order valence-corrected chi connectivity index (χ1v) is 8.67. The summed E-state index contributed by atoms with van der Waals surface area (Å²) < 4.78 is 6.03. The fourth-order valence-corrected chi connectivity index (χ4v) is 2.75. The molecule has 122 valence electrons. The van der Waals surface area contributed by atoms with Gasteiger partial charge in [-0.15, -0.1) is 0 Å². The van der Waals surface area contributed by atoms with Gasteiger partial charge in [-0.1, -0.05) is 39.5 Å². The molecule has 0 spiro atoms. The maximum absolute atomic E-state index is 8.77. The van der Waals surface area contributed by atoms with Crippen LogP contribution < -0.4 is 5.32 Å². The molecule has 0 aromatic carbocycles. The smallest absolute Gasteiger partial charge is 0.0601 e. The minimum atomic E-state index is 0.341. The van der Waals surface area contributed by atoms with Crippen molar-refractivity contribution in [3.05, 3.63) is 0 Å². The molecule has 20 heavy (non-hydrogen) atoms.